The Kier molecular flexibility index (Phi) is 21.4. The molecule has 1 rings (SSSR count). The lowest BCUT2D eigenvalue weighted by Crippen LogP contribution is -2.60. The molecule has 0 spiro atoms. The monoisotopic (exact) mass is 711 g/mol. The third kappa shape index (κ3) is 15.2. The first-order valence-electron chi connectivity index (χ1n) is 19.1. The highest BCUT2D eigenvalue weighted by molar-refractivity contribution is 5.94. The van der Waals surface area contributed by atoms with Crippen molar-refractivity contribution in [3.63, 3.8) is 0 Å². The van der Waals surface area contributed by atoms with Gasteiger partial charge in [0.05, 0.1) is 36.7 Å². The van der Waals surface area contributed by atoms with Crippen LogP contribution in [-0.4, -0.2) is 96.1 Å². The summed E-state index contributed by atoms with van der Waals surface area (Å²) in [6.07, 6.45) is 8.78. The molecule has 13 heteroatoms. The molecule has 1 fully saturated rings. The van der Waals surface area contributed by atoms with Crippen LogP contribution >= 0.6 is 0 Å². The van der Waals surface area contributed by atoms with Gasteiger partial charge in [-0.2, -0.15) is 0 Å². The molecule has 0 aromatic rings. The molecule has 0 aromatic carbocycles. The van der Waals surface area contributed by atoms with Gasteiger partial charge in [-0.25, -0.2) is 0 Å². The van der Waals surface area contributed by atoms with Crippen LogP contribution in [0.1, 0.15) is 126 Å². The van der Waals surface area contributed by atoms with E-state index in [1.54, 1.807) is 20.9 Å². The third-order valence-electron chi connectivity index (χ3n) is 10.2. The van der Waals surface area contributed by atoms with Crippen LogP contribution in [0.25, 0.3) is 0 Å². The Labute approximate surface area is 301 Å². The molecule has 8 N–H and O–H groups in total. The normalized spacial score (nSPS) is 18.5. The maximum absolute atomic E-state index is 14.2. The van der Waals surface area contributed by atoms with E-state index in [4.69, 9.17) is 16.2 Å². The number of primary amides is 1. The highest BCUT2D eigenvalue weighted by atomic mass is 16.5. The summed E-state index contributed by atoms with van der Waals surface area (Å²) in [5.74, 6) is -3.42. The fourth-order valence-electron chi connectivity index (χ4n) is 6.45. The van der Waals surface area contributed by atoms with Gasteiger partial charge in [0.2, 0.25) is 29.5 Å². The number of carbonyl (C=O) groups is 5. The first-order valence-corrected chi connectivity index (χ1v) is 19.1. The molecule has 0 saturated heterocycles. The lowest BCUT2D eigenvalue weighted by Gasteiger charge is -2.36. The van der Waals surface area contributed by atoms with E-state index in [0.717, 1.165) is 57.8 Å². The number of nitrogens with two attached hydrogens (primary N) is 2. The van der Waals surface area contributed by atoms with Gasteiger partial charge < -0.3 is 42.2 Å². The zero-order valence-corrected chi connectivity index (χ0v) is 32.2. The van der Waals surface area contributed by atoms with Crippen LogP contribution in [0.15, 0.2) is 0 Å². The number of carbonyl (C=O) groups excluding carboxylic acids is 5. The van der Waals surface area contributed by atoms with E-state index in [2.05, 4.69) is 22.9 Å². The number of unbranched alkanes of at least 4 members (excludes halogenated alkanes) is 3. The molecule has 8 atom stereocenters. The van der Waals surface area contributed by atoms with Crippen molar-refractivity contribution >= 4 is 29.5 Å². The molecule has 13 nitrogen and oxygen atoms in total. The number of nitrogens with zero attached hydrogens (tertiary/aromatic N) is 1. The van der Waals surface area contributed by atoms with Gasteiger partial charge in [-0.1, -0.05) is 86.5 Å². The smallest absolute Gasteiger partial charge is 0.243 e. The molecular weight excluding hydrogens is 640 g/mol. The number of hydrogen-bond acceptors (Lipinski definition) is 8. The highest BCUT2D eigenvalue weighted by Crippen LogP contribution is 2.28. The SMILES string of the molecule is CCCCCC[C@@H](OC[C@@H](CC)NC(=O)[C@@H](C)[C@H](C)O)[C@@H](C)C(=O)N(C)[C@@H](CC(C)C)C(=O)N[C@H](C(=O)N[C@@H](CN)C(N)=O)C1CCCCC1. The van der Waals surface area contributed by atoms with Crippen molar-refractivity contribution in [3.8, 4) is 0 Å². The molecule has 1 saturated carbocycles. The standard InChI is InChI=1S/C37H70N6O7/c1-9-11-12-16-19-31(50-22-28(10-2)40-34(46)24(5)26(7)44)25(6)37(49)43(8)30(20-23(3)4)35(47)42-32(27-17-14-13-15-18-27)36(48)41-29(21-38)33(39)45/h23-32,44H,9-22,38H2,1-8H3,(H2,39,45)(H,40,46)(H,41,48)(H,42,47)/t24-,25+,26-,28+,29-,30-,31+,32-/m0/s1. The van der Waals surface area contributed by atoms with E-state index in [1.807, 2.05) is 27.7 Å². The maximum atomic E-state index is 14.2. The van der Waals surface area contributed by atoms with Gasteiger partial charge in [0.1, 0.15) is 18.1 Å². The van der Waals surface area contributed by atoms with Crippen molar-refractivity contribution in [1.29, 1.82) is 0 Å². The average Bonchev–Trinajstić information content (AvgIpc) is 3.09. The third-order valence-corrected chi connectivity index (χ3v) is 10.2. The lowest BCUT2D eigenvalue weighted by molar-refractivity contribution is -0.147. The second-order valence-electron chi connectivity index (χ2n) is 14.8. The summed E-state index contributed by atoms with van der Waals surface area (Å²) >= 11 is 0. The zero-order valence-electron chi connectivity index (χ0n) is 32.2. The van der Waals surface area contributed by atoms with Gasteiger partial charge in [-0.05, 0) is 50.9 Å². The van der Waals surface area contributed by atoms with Crippen molar-refractivity contribution in [3.05, 3.63) is 0 Å². The van der Waals surface area contributed by atoms with Crippen molar-refractivity contribution in [2.75, 3.05) is 20.2 Å². The van der Waals surface area contributed by atoms with Gasteiger partial charge in [0.25, 0.3) is 0 Å². The Morgan fingerprint density at radius 1 is 0.860 bits per heavy atom. The largest absolute Gasteiger partial charge is 0.393 e. The number of likely N-dealkylation sites (N-methyl/N-ethyl adjacent to an activating group) is 1. The van der Waals surface area contributed by atoms with Gasteiger partial charge >= 0.3 is 0 Å². The number of aliphatic hydroxyl groups is 1. The number of amides is 5. The molecule has 290 valence electrons. The Morgan fingerprint density at radius 2 is 1.50 bits per heavy atom. The molecule has 0 radical (unpaired) electrons. The maximum Gasteiger partial charge on any atom is 0.243 e. The molecule has 0 unspecified atom stereocenters. The number of rotatable bonds is 24. The average molecular weight is 711 g/mol. The van der Waals surface area contributed by atoms with Crippen LogP contribution in [0.2, 0.25) is 0 Å². The molecular formula is C37H70N6O7. The number of aliphatic hydroxyl groups excluding tert-OH is 1. The van der Waals surface area contributed by atoms with Crippen LogP contribution in [0.5, 0.6) is 0 Å². The van der Waals surface area contributed by atoms with Crippen molar-refractivity contribution in [2.45, 2.75) is 162 Å². The Morgan fingerprint density at radius 3 is 2.02 bits per heavy atom. The van der Waals surface area contributed by atoms with Crippen molar-refractivity contribution in [1.82, 2.24) is 20.9 Å². The topological polar surface area (TPSA) is 206 Å². The minimum atomic E-state index is -1.06. The predicted octanol–water partition coefficient (Wildman–Crippen LogP) is 2.76. The molecule has 50 heavy (non-hydrogen) atoms. The summed E-state index contributed by atoms with van der Waals surface area (Å²) in [7, 11) is 1.62. The minimum absolute atomic E-state index is 0.0637. The Bertz CT molecular complexity index is 1050. The summed E-state index contributed by atoms with van der Waals surface area (Å²) < 4.78 is 6.39. The summed E-state index contributed by atoms with van der Waals surface area (Å²) in [6.45, 7) is 13.1. The van der Waals surface area contributed by atoms with E-state index < -0.39 is 59.9 Å². The summed E-state index contributed by atoms with van der Waals surface area (Å²) in [5, 5.41) is 18.4. The summed E-state index contributed by atoms with van der Waals surface area (Å²) in [4.78, 5) is 67.7. The summed E-state index contributed by atoms with van der Waals surface area (Å²) in [5.41, 5.74) is 11.1. The molecule has 0 aromatic heterocycles. The molecule has 1 aliphatic rings. The van der Waals surface area contributed by atoms with Crippen LogP contribution in [0.3, 0.4) is 0 Å². The molecule has 1 aliphatic carbocycles. The second-order valence-corrected chi connectivity index (χ2v) is 14.8. The van der Waals surface area contributed by atoms with Crippen LogP contribution in [-0.2, 0) is 28.7 Å². The molecule has 0 bridgehead atoms. The van der Waals surface area contributed by atoms with Crippen molar-refractivity contribution < 1.29 is 33.8 Å². The lowest BCUT2D eigenvalue weighted by atomic mass is 9.83. The molecule has 0 aliphatic heterocycles. The van der Waals surface area contributed by atoms with E-state index in [-0.39, 0.29) is 42.8 Å². The van der Waals surface area contributed by atoms with Crippen LogP contribution in [0.4, 0.5) is 0 Å². The number of nitrogens with one attached hydrogen (secondary N) is 3. The van der Waals surface area contributed by atoms with E-state index in [1.165, 1.54) is 4.90 Å². The number of hydrogen-bond donors (Lipinski definition) is 6. The first kappa shape index (κ1) is 45.3. The Balaban J connectivity index is 3.24. The molecule has 0 heterocycles. The predicted molar refractivity (Wildman–Crippen MR) is 195 cm³/mol. The Hall–Kier alpha value is -2.77. The van der Waals surface area contributed by atoms with E-state index in [0.29, 0.717) is 19.3 Å². The number of ether oxygens (including phenoxy) is 1. The fraction of sp³-hybridized carbons (Fsp3) is 0.865. The van der Waals surface area contributed by atoms with Crippen molar-refractivity contribution in [2.24, 2.45) is 35.1 Å². The van der Waals surface area contributed by atoms with Gasteiger partial charge in [0, 0.05) is 13.6 Å². The van der Waals surface area contributed by atoms with Crippen LogP contribution in [0, 0.1) is 23.7 Å². The quantitative estimate of drug-likeness (QED) is 0.0820. The zero-order chi connectivity index (χ0) is 38.0. The molecule has 5 amide bonds. The van der Waals surface area contributed by atoms with Crippen LogP contribution < -0.4 is 27.4 Å². The highest BCUT2D eigenvalue weighted by Gasteiger charge is 2.38. The second kappa shape index (κ2) is 23.7. The van der Waals surface area contributed by atoms with Gasteiger partial charge in [0.15, 0.2) is 0 Å². The van der Waals surface area contributed by atoms with Gasteiger partial charge in [-0.3, -0.25) is 24.0 Å². The van der Waals surface area contributed by atoms with Gasteiger partial charge in [-0.15, -0.1) is 0 Å². The summed E-state index contributed by atoms with van der Waals surface area (Å²) in [6, 6.07) is -3.11. The minimum Gasteiger partial charge on any atom is -0.393 e. The first-order chi connectivity index (χ1) is 23.6. The fourth-order valence-corrected chi connectivity index (χ4v) is 6.45. The van der Waals surface area contributed by atoms with E-state index in [9.17, 15) is 29.1 Å². The van der Waals surface area contributed by atoms with E-state index >= 15 is 0 Å².